The van der Waals surface area contributed by atoms with E-state index in [1.807, 2.05) is 0 Å². The Balaban J connectivity index is 2.07. The predicted molar refractivity (Wildman–Crippen MR) is 76.3 cm³/mol. The molecule has 2 atom stereocenters. The molecule has 0 bridgehead atoms. The van der Waals surface area contributed by atoms with Crippen molar-refractivity contribution < 1.29 is 18.3 Å². The summed E-state index contributed by atoms with van der Waals surface area (Å²) in [6.45, 7) is 4.69. The Morgan fingerprint density at radius 3 is 2.76 bits per heavy atom. The summed E-state index contributed by atoms with van der Waals surface area (Å²) in [6, 6.07) is 3.36. The van der Waals surface area contributed by atoms with Gasteiger partial charge in [-0.2, -0.15) is 13.2 Å². The smallest absolute Gasteiger partial charge is 0.381 e. The molecule has 0 aromatic heterocycles. The van der Waals surface area contributed by atoms with Gasteiger partial charge in [-0.3, -0.25) is 4.90 Å². The highest BCUT2D eigenvalue weighted by atomic mass is 35.5. The van der Waals surface area contributed by atoms with E-state index in [-0.39, 0.29) is 11.1 Å². The highest BCUT2D eigenvalue weighted by Gasteiger charge is 2.32. The molecule has 1 heterocycles. The van der Waals surface area contributed by atoms with E-state index in [4.69, 9.17) is 11.6 Å². The van der Waals surface area contributed by atoms with E-state index < -0.39 is 18.0 Å². The molecule has 116 valence electrons. The summed E-state index contributed by atoms with van der Waals surface area (Å²) in [6.07, 6.45) is -3.02. The van der Waals surface area contributed by atoms with Crippen molar-refractivity contribution in [2.75, 3.05) is 18.4 Å². The minimum Gasteiger partial charge on any atom is -0.381 e. The van der Waals surface area contributed by atoms with E-state index in [2.05, 4.69) is 11.9 Å². The van der Waals surface area contributed by atoms with Crippen LogP contribution in [-0.2, 0) is 6.18 Å². The fraction of sp³-hybridized carbons (Fsp3) is 0.429. The van der Waals surface area contributed by atoms with Crippen LogP contribution in [-0.4, -0.2) is 35.4 Å². The van der Waals surface area contributed by atoms with Gasteiger partial charge in [0.1, 0.15) is 6.23 Å². The van der Waals surface area contributed by atoms with E-state index in [0.29, 0.717) is 18.8 Å². The van der Waals surface area contributed by atoms with Gasteiger partial charge in [-0.05, 0) is 30.7 Å². The molecular weight excluding hydrogens is 305 g/mol. The van der Waals surface area contributed by atoms with E-state index in [0.717, 1.165) is 18.6 Å². The minimum absolute atomic E-state index is 0.0355. The third kappa shape index (κ3) is 4.12. The van der Waals surface area contributed by atoms with Crippen molar-refractivity contribution in [3.8, 4) is 0 Å². The van der Waals surface area contributed by atoms with Gasteiger partial charge >= 0.3 is 6.18 Å². The van der Waals surface area contributed by atoms with Gasteiger partial charge in [-0.15, -0.1) is 0 Å². The molecule has 1 aromatic carbocycles. The molecule has 2 rings (SSSR count). The van der Waals surface area contributed by atoms with Gasteiger partial charge in [0.05, 0.1) is 5.56 Å². The van der Waals surface area contributed by atoms with E-state index >= 15 is 0 Å². The lowest BCUT2D eigenvalue weighted by Gasteiger charge is -2.20. The van der Waals surface area contributed by atoms with E-state index in [9.17, 15) is 18.3 Å². The summed E-state index contributed by atoms with van der Waals surface area (Å²) in [5, 5.41) is 12.7. The quantitative estimate of drug-likeness (QED) is 0.835. The van der Waals surface area contributed by atoms with Gasteiger partial charge in [0.15, 0.2) is 0 Å². The van der Waals surface area contributed by atoms with Gasteiger partial charge in [-0.25, -0.2) is 0 Å². The zero-order chi connectivity index (χ0) is 15.6. The van der Waals surface area contributed by atoms with Crippen LogP contribution in [0.2, 0.25) is 5.02 Å². The fourth-order valence-electron chi connectivity index (χ4n) is 2.37. The average molecular weight is 321 g/mol. The van der Waals surface area contributed by atoms with Crippen molar-refractivity contribution in [1.82, 2.24) is 4.90 Å². The number of halogens is 4. The molecule has 0 radical (unpaired) electrons. The fourth-order valence-corrected chi connectivity index (χ4v) is 2.60. The molecule has 1 aliphatic heterocycles. The molecule has 0 spiro atoms. The molecule has 1 aliphatic rings. The molecule has 21 heavy (non-hydrogen) atoms. The standard InChI is InChI=1S/C14H16ClF3N2O/c1-2-13(21)20-4-3-11(8-20)19-12-6-9(14(16,17)18)5-10(15)7-12/h2,5-7,11,13,19,21H,1,3-4,8H2/t11-,13?/m0/s1. The largest absolute Gasteiger partial charge is 0.416 e. The number of nitrogens with one attached hydrogen (secondary N) is 1. The maximum atomic E-state index is 12.7. The Morgan fingerprint density at radius 1 is 1.43 bits per heavy atom. The molecule has 1 aromatic rings. The molecule has 0 aliphatic carbocycles. The normalized spacial score (nSPS) is 21.3. The third-order valence-corrected chi connectivity index (χ3v) is 3.62. The van der Waals surface area contributed by atoms with Crippen molar-refractivity contribution in [2.24, 2.45) is 0 Å². The van der Waals surface area contributed by atoms with Crippen LogP contribution >= 0.6 is 11.6 Å². The van der Waals surface area contributed by atoms with E-state index in [1.165, 1.54) is 12.1 Å². The number of aliphatic hydroxyl groups is 1. The molecule has 0 saturated carbocycles. The minimum atomic E-state index is -4.43. The van der Waals surface area contributed by atoms with Crippen LogP contribution in [0.4, 0.5) is 18.9 Å². The summed E-state index contributed by atoms with van der Waals surface area (Å²) in [7, 11) is 0. The van der Waals surface area contributed by atoms with Gasteiger partial charge < -0.3 is 10.4 Å². The predicted octanol–water partition coefficient (Wildman–Crippen LogP) is 3.35. The zero-order valence-electron chi connectivity index (χ0n) is 11.2. The number of aliphatic hydroxyl groups excluding tert-OH is 1. The van der Waals surface area contributed by atoms with Crippen LogP contribution < -0.4 is 5.32 Å². The SMILES string of the molecule is C=CC(O)N1CC[C@H](Nc2cc(Cl)cc(C(F)(F)F)c2)C1. The molecular formula is C14H16ClF3N2O. The Morgan fingerprint density at radius 2 is 2.14 bits per heavy atom. The molecule has 7 heteroatoms. The van der Waals surface area contributed by atoms with Crippen LogP contribution in [0.15, 0.2) is 30.9 Å². The van der Waals surface area contributed by atoms with Crippen LogP contribution in [0.5, 0.6) is 0 Å². The number of likely N-dealkylation sites (tertiary alicyclic amines) is 1. The van der Waals surface area contributed by atoms with Gasteiger partial charge in [0, 0.05) is 29.8 Å². The first-order valence-corrected chi connectivity index (χ1v) is 6.86. The topological polar surface area (TPSA) is 35.5 Å². The van der Waals surface area contributed by atoms with Gasteiger partial charge in [0.2, 0.25) is 0 Å². The van der Waals surface area contributed by atoms with Crippen LogP contribution in [0.3, 0.4) is 0 Å². The first kappa shape index (κ1) is 16.1. The number of anilines is 1. The first-order valence-electron chi connectivity index (χ1n) is 6.48. The van der Waals surface area contributed by atoms with Crippen LogP contribution in [0, 0.1) is 0 Å². The number of rotatable bonds is 4. The number of alkyl halides is 3. The number of benzene rings is 1. The lowest BCUT2D eigenvalue weighted by molar-refractivity contribution is -0.137. The molecule has 3 nitrogen and oxygen atoms in total. The summed E-state index contributed by atoms with van der Waals surface area (Å²) < 4.78 is 38.2. The molecule has 2 N–H and O–H groups in total. The Labute approximate surface area is 126 Å². The van der Waals surface area contributed by atoms with Crippen LogP contribution in [0.25, 0.3) is 0 Å². The second-order valence-electron chi connectivity index (χ2n) is 5.00. The molecule has 1 unspecified atom stereocenters. The van der Waals surface area contributed by atoms with Crippen molar-refractivity contribution in [3.05, 3.63) is 41.4 Å². The van der Waals surface area contributed by atoms with E-state index in [1.54, 1.807) is 4.90 Å². The van der Waals surface area contributed by atoms with Gasteiger partial charge in [0.25, 0.3) is 0 Å². The highest BCUT2D eigenvalue weighted by Crippen LogP contribution is 2.33. The monoisotopic (exact) mass is 320 g/mol. The highest BCUT2D eigenvalue weighted by molar-refractivity contribution is 6.30. The number of nitrogens with zero attached hydrogens (tertiary/aromatic N) is 1. The Bertz CT molecular complexity index is 521. The molecule has 0 amide bonds. The summed E-state index contributed by atoms with van der Waals surface area (Å²) >= 11 is 5.74. The summed E-state index contributed by atoms with van der Waals surface area (Å²) in [5.41, 5.74) is -0.451. The lowest BCUT2D eigenvalue weighted by atomic mass is 10.1. The van der Waals surface area contributed by atoms with Crippen molar-refractivity contribution >= 4 is 17.3 Å². The second kappa shape index (κ2) is 6.25. The van der Waals surface area contributed by atoms with Crippen molar-refractivity contribution in [3.63, 3.8) is 0 Å². The number of hydrogen-bond acceptors (Lipinski definition) is 3. The van der Waals surface area contributed by atoms with Crippen LogP contribution in [0.1, 0.15) is 12.0 Å². The molecule has 1 saturated heterocycles. The summed E-state index contributed by atoms with van der Waals surface area (Å²) in [5.74, 6) is 0. The maximum absolute atomic E-state index is 12.7. The summed E-state index contributed by atoms with van der Waals surface area (Å²) in [4.78, 5) is 1.79. The Kier molecular flexibility index (Phi) is 4.81. The third-order valence-electron chi connectivity index (χ3n) is 3.40. The average Bonchev–Trinajstić information content (AvgIpc) is 2.84. The van der Waals surface area contributed by atoms with Crippen molar-refractivity contribution in [2.45, 2.75) is 24.9 Å². The van der Waals surface area contributed by atoms with Crippen molar-refractivity contribution in [1.29, 1.82) is 0 Å². The maximum Gasteiger partial charge on any atom is 0.416 e. The zero-order valence-corrected chi connectivity index (χ0v) is 12.0. The molecule has 1 fully saturated rings. The Hall–Kier alpha value is -1.24. The first-order chi connectivity index (χ1) is 9.79. The number of hydrogen-bond donors (Lipinski definition) is 2. The second-order valence-corrected chi connectivity index (χ2v) is 5.44. The lowest BCUT2D eigenvalue weighted by Crippen LogP contribution is -2.33. The van der Waals surface area contributed by atoms with Gasteiger partial charge in [-0.1, -0.05) is 18.2 Å².